The van der Waals surface area contributed by atoms with Gasteiger partial charge in [-0.15, -0.1) is 11.3 Å². The molecule has 3 aromatic heterocycles. The molecule has 7 heteroatoms. The highest BCUT2D eigenvalue weighted by Crippen LogP contribution is 2.18. The van der Waals surface area contributed by atoms with E-state index in [1.54, 1.807) is 28.0 Å². The van der Waals surface area contributed by atoms with E-state index in [0.29, 0.717) is 13.2 Å². The van der Waals surface area contributed by atoms with Gasteiger partial charge in [-0.2, -0.15) is 0 Å². The topological polar surface area (TPSA) is 59.7 Å². The molecule has 0 N–H and O–H groups in total. The fourth-order valence-electron chi connectivity index (χ4n) is 3.35. The summed E-state index contributed by atoms with van der Waals surface area (Å²) in [4.78, 5) is 25.4. The van der Waals surface area contributed by atoms with Gasteiger partial charge in [0.2, 0.25) is 0 Å². The van der Waals surface area contributed by atoms with Gasteiger partial charge < -0.3 is 4.74 Å². The Morgan fingerprint density at radius 2 is 2.27 bits per heavy atom. The van der Waals surface area contributed by atoms with Crippen molar-refractivity contribution < 1.29 is 4.74 Å². The van der Waals surface area contributed by atoms with E-state index in [1.807, 2.05) is 31.3 Å². The van der Waals surface area contributed by atoms with Crippen molar-refractivity contribution in [3.05, 3.63) is 63.3 Å². The number of piperidine rings is 1. The first-order valence-corrected chi connectivity index (χ1v) is 9.71. The first-order valence-electron chi connectivity index (χ1n) is 8.90. The monoisotopic (exact) mass is 370 g/mol. The van der Waals surface area contributed by atoms with Gasteiger partial charge in [0, 0.05) is 36.4 Å². The molecule has 1 saturated heterocycles. The molecule has 3 aromatic rings. The lowest BCUT2D eigenvalue weighted by molar-refractivity contribution is -0.0135. The van der Waals surface area contributed by atoms with Gasteiger partial charge in [0.1, 0.15) is 0 Å². The van der Waals surface area contributed by atoms with Gasteiger partial charge in [-0.05, 0) is 38.4 Å². The van der Waals surface area contributed by atoms with E-state index in [0.717, 1.165) is 47.2 Å². The zero-order valence-corrected chi connectivity index (χ0v) is 15.6. The number of pyridine rings is 1. The van der Waals surface area contributed by atoms with E-state index < -0.39 is 0 Å². The summed E-state index contributed by atoms with van der Waals surface area (Å²) in [6, 6.07) is 7.52. The van der Waals surface area contributed by atoms with Gasteiger partial charge in [0.15, 0.2) is 4.96 Å². The molecule has 0 spiro atoms. The summed E-state index contributed by atoms with van der Waals surface area (Å²) >= 11 is 1.55. The SMILES string of the molecule is Cc1cn2c(=O)cc(CN3CCCC(OCc4ccccn4)C3)nc2s1. The number of rotatable bonds is 5. The molecular weight excluding hydrogens is 348 g/mol. The molecule has 4 rings (SSSR count). The second-order valence-electron chi connectivity index (χ2n) is 6.71. The Balaban J connectivity index is 1.39. The summed E-state index contributed by atoms with van der Waals surface area (Å²) in [5.41, 5.74) is 1.79. The number of aromatic nitrogens is 3. The van der Waals surface area contributed by atoms with E-state index in [2.05, 4.69) is 14.9 Å². The average molecular weight is 370 g/mol. The zero-order chi connectivity index (χ0) is 17.9. The Morgan fingerprint density at radius 1 is 1.35 bits per heavy atom. The molecule has 26 heavy (non-hydrogen) atoms. The van der Waals surface area contributed by atoms with E-state index in [4.69, 9.17) is 4.74 Å². The third-order valence-electron chi connectivity index (χ3n) is 4.58. The number of hydrogen-bond acceptors (Lipinski definition) is 6. The van der Waals surface area contributed by atoms with Crippen LogP contribution in [0.2, 0.25) is 0 Å². The molecule has 0 amide bonds. The van der Waals surface area contributed by atoms with Crippen LogP contribution in [0.4, 0.5) is 0 Å². The van der Waals surface area contributed by atoms with Crippen molar-refractivity contribution >= 4 is 16.3 Å². The molecule has 1 aliphatic rings. The number of fused-ring (bicyclic) bond motifs is 1. The van der Waals surface area contributed by atoms with Crippen molar-refractivity contribution in [2.75, 3.05) is 13.1 Å². The summed E-state index contributed by atoms with van der Waals surface area (Å²) < 4.78 is 7.67. The standard InChI is InChI=1S/C19H22N4O2S/c1-14-10-23-18(24)9-16(21-19(23)26-14)11-22-8-4-6-17(12-22)25-13-15-5-2-3-7-20-15/h2-3,5,7,9-10,17H,4,6,8,11-13H2,1H3. The van der Waals surface area contributed by atoms with Crippen LogP contribution in [0.25, 0.3) is 4.96 Å². The van der Waals surface area contributed by atoms with Gasteiger partial charge in [0.25, 0.3) is 5.56 Å². The van der Waals surface area contributed by atoms with E-state index in [9.17, 15) is 4.79 Å². The first-order chi connectivity index (χ1) is 12.7. The molecule has 4 heterocycles. The summed E-state index contributed by atoms with van der Waals surface area (Å²) in [6.07, 6.45) is 5.98. The first kappa shape index (κ1) is 17.3. The third kappa shape index (κ3) is 4.00. The predicted octanol–water partition coefficient (Wildman–Crippen LogP) is 2.64. The zero-order valence-electron chi connectivity index (χ0n) is 14.8. The van der Waals surface area contributed by atoms with Crippen LogP contribution in [0.5, 0.6) is 0 Å². The van der Waals surface area contributed by atoms with Crippen LogP contribution in [0.1, 0.15) is 29.1 Å². The molecule has 0 aromatic carbocycles. The van der Waals surface area contributed by atoms with Crippen LogP contribution in [0, 0.1) is 6.92 Å². The van der Waals surface area contributed by atoms with Crippen molar-refractivity contribution in [2.24, 2.45) is 0 Å². The number of thiazole rings is 1. The second-order valence-corrected chi connectivity index (χ2v) is 7.92. The molecule has 1 aliphatic heterocycles. The van der Waals surface area contributed by atoms with Crippen LogP contribution in [-0.2, 0) is 17.9 Å². The third-order valence-corrected chi connectivity index (χ3v) is 5.47. The van der Waals surface area contributed by atoms with Crippen molar-refractivity contribution in [3.8, 4) is 0 Å². The summed E-state index contributed by atoms with van der Waals surface area (Å²) in [7, 11) is 0. The lowest BCUT2D eigenvalue weighted by Gasteiger charge is -2.32. The highest BCUT2D eigenvalue weighted by molar-refractivity contribution is 7.16. The van der Waals surface area contributed by atoms with Crippen LogP contribution in [-0.4, -0.2) is 38.5 Å². The van der Waals surface area contributed by atoms with Crippen molar-refractivity contribution in [1.82, 2.24) is 19.3 Å². The highest BCUT2D eigenvalue weighted by Gasteiger charge is 2.21. The van der Waals surface area contributed by atoms with Crippen molar-refractivity contribution in [2.45, 2.75) is 39.0 Å². The largest absolute Gasteiger partial charge is 0.371 e. The maximum atomic E-state index is 12.3. The summed E-state index contributed by atoms with van der Waals surface area (Å²) in [6.45, 7) is 5.09. The molecule has 1 atom stereocenters. The van der Waals surface area contributed by atoms with E-state index >= 15 is 0 Å². The van der Waals surface area contributed by atoms with Gasteiger partial charge in [-0.25, -0.2) is 4.98 Å². The second kappa shape index (κ2) is 7.65. The molecule has 1 unspecified atom stereocenters. The van der Waals surface area contributed by atoms with E-state index in [-0.39, 0.29) is 11.7 Å². The van der Waals surface area contributed by atoms with Gasteiger partial charge >= 0.3 is 0 Å². The lowest BCUT2D eigenvalue weighted by Crippen LogP contribution is -2.39. The normalized spacial score (nSPS) is 18.4. The molecule has 0 radical (unpaired) electrons. The predicted molar refractivity (Wildman–Crippen MR) is 101 cm³/mol. The summed E-state index contributed by atoms with van der Waals surface area (Å²) in [5.74, 6) is 0. The Kier molecular flexibility index (Phi) is 5.10. The van der Waals surface area contributed by atoms with Crippen LogP contribution >= 0.6 is 11.3 Å². The molecule has 0 saturated carbocycles. The minimum Gasteiger partial charge on any atom is -0.371 e. The van der Waals surface area contributed by atoms with Crippen molar-refractivity contribution in [3.63, 3.8) is 0 Å². The Bertz CT molecular complexity index is 938. The van der Waals surface area contributed by atoms with Crippen LogP contribution in [0.3, 0.4) is 0 Å². The minimum absolute atomic E-state index is 0.00527. The number of ether oxygens (including phenoxy) is 1. The molecule has 1 fully saturated rings. The lowest BCUT2D eigenvalue weighted by atomic mass is 10.1. The van der Waals surface area contributed by atoms with Gasteiger partial charge in [0.05, 0.1) is 24.1 Å². The van der Waals surface area contributed by atoms with Gasteiger partial charge in [-0.3, -0.25) is 19.1 Å². The van der Waals surface area contributed by atoms with Crippen LogP contribution < -0.4 is 5.56 Å². The molecular formula is C19H22N4O2S. The molecule has 0 bridgehead atoms. The minimum atomic E-state index is -0.00527. The Morgan fingerprint density at radius 3 is 3.12 bits per heavy atom. The number of nitrogens with zero attached hydrogens (tertiary/aromatic N) is 4. The highest BCUT2D eigenvalue weighted by atomic mass is 32.1. The molecule has 6 nitrogen and oxygen atoms in total. The summed E-state index contributed by atoms with van der Waals surface area (Å²) in [5, 5.41) is 0. The smallest absolute Gasteiger partial charge is 0.258 e. The average Bonchev–Trinajstić information content (AvgIpc) is 3.02. The fraction of sp³-hybridized carbons (Fsp3) is 0.421. The fourth-order valence-corrected chi connectivity index (χ4v) is 4.20. The van der Waals surface area contributed by atoms with Crippen LogP contribution in [0.15, 0.2) is 41.5 Å². The number of likely N-dealkylation sites (tertiary alicyclic amines) is 1. The quantitative estimate of drug-likeness (QED) is 0.691. The maximum absolute atomic E-state index is 12.3. The Hall–Kier alpha value is -2.09. The molecule has 0 aliphatic carbocycles. The Labute approximate surface area is 156 Å². The number of aryl methyl sites for hydroxylation is 1. The van der Waals surface area contributed by atoms with E-state index in [1.165, 1.54) is 0 Å². The van der Waals surface area contributed by atoms with Gasteiger partial charge in [-0.1, -0.05) is 6.07 Å². The molecule has 136 valence electrons. The maximum Gasteiger partial charge on any atom is 0.258 e. The van der Waals surface area contributed by atoms with Crippen molar-refractivity contribution in [1.29, 1.82) is 0 Å². The number of hydrogen-bond donors (Lipinski definition) is 0.